The molecule has 0 radical (unpaired) electrons. The number of benzene rings is 2. The molecule has 2 rings (SSSR count). The predicted molar refractivity (Wildman–Crippen MR) is 142 cm³/mol. The maximum Gasteiger partial charge on any atom is 0.326 e. The topological polar surface area (TPSA) is 197 Å². The molecule has 11 heteroatoms. The Balaban J connectivity index is 1.99. The summed E-state index contributed by atoms with van der Waals surface area (Å²) in [6, 6.07) is 11.0. The van der Waals surface area contributed by atoms with Crippen molar-refractivity contribution in [3.8, 4) is 5.75 Å². The smallest absolute Gasteiger partial charge is 0.326 e. The van der Waals surface area contributed by atoms with Crippen molar-refractivity contribution in [2.24, 2.45) is 11.5 Å². The summed E-state index contributed by atoms with van der Waals surface area (Å²) in [5.41, 5.74) is 13.0. The van der Waals surface area contributed by atoms with Crippen molar-refractivity contribution in [1.29, 1.82) is 0 Å². The van der Waals surface area contributed by atoms with Crippen LogP contribution < -0.4 is 27.4 Å². The number of carboxylic acid groups (broad SMARTS) is 1. The minimum atomic E-state index is -1.20. The van der Waals surface area contributed by atoms with Gasteiger partial charge in [-0.2, -0.15) is 0 Å². The fourth-order valence-electron chi connectivity index (χ4n) is 3.75. The van der Waals surface area contributed by atoms with Crippen LogP contribution in [0.2, 0.25) is 0 Å². The molecule has 0 spiro atoms. The van der Waals surface area contributed by atoms with Gasteiger partial charge >= 0.3 is 5.97 Å². The van der Waals surface area contributed by atoms with E-state index in [0.29, 0.717) is 19.4 Å². The Bertz CT molecular complexity index is 1060. The number of hydrogen-bond donors (Lipinski definition) is 7. The number of carbonyl (C=O) groups is 4. The van der Waals surface area contributed by atoms with Crippen molar-refractivity contribution in [2.45, 2.75) is 63.2 Å². The van der Waals surface area contributed by atoms with E-state index in [-0.39, 0.29) is 25.0 Å². The summed E-state index contributed by atoms with van der Waals surface area (Å²) in [7, 11) is 0. The second-order valence-electron chi connectivity index (χ2n) is 9.14. The van der Waals surface area contributed by atoms with Crippen LogP contribution in [0, 0.1) is 0 Å². The third-order valence-corrected chi connectivity index (χ3v) is 5.96. The summed E-state index contributed by atoms with van der Waals surface area (Å²) in [6.45, 7) is 1.87. The number of phenols is 1. The Morgan fingerprint density at radius 3 is 2.00 bits per heavy atom. The average Bonchev–Trinajstić information content (AvgIpc) is 2.89. The molecule has 4 atom stereocenters. The molecule has 2 aromatic rings. The van der Waals surface area contributed by atoms with Crippen LogP contribution in [0.3, 0.4) is 0 Å². The first-order valence-corrected chi connectivity index (χ1v) is 12.5. The van der Waals surface area contributed by atoms with E-state index in [1.807, 2.05) is 0 Å². The van der Waals surface area contributed by atoms with Gasteiger partial charge in [0.1, 0.15) is 23.9 Å². The molecule has 11 nitrogen and oxygen atoms in total. The molecular formula is C27H37N5O6. The molecule has 4 unspecified atom stereocenters. The van der Waals surface area contributed by atoms with Crippen molar-refractivity contribution in [1.82, 2.24) is 16.0 Å². The molecule has 0 aliphatic rings. The molecule has 3 amide bonds. The third-order valence-electron chi connectivity index (χ3n) is 5.96. The molecule has 0 saturated carbocycles. The van der Waals surface area contributed by atoms with E-state index in [2.05, 4.69) is 16.0 Å². The van der Waals surface area contributed by atoms with E-state index in [0.717, 1.165) is 11.1 Å². The van der Waals surface area contributed by atoms with Crippen LogP contribution in [0.5, 0.6) is 5.75 Å². The Morgan fingerprint density at radius 2 is 1.39 bits per heavy atom. The quantitative estimate of drug-likeness (QED) is 0.159. The van der Waals surface area contributed by atoms with Crippen molar-refractivity contribution in [2.75, 3.05) is 6.54 Å². The van der Waals surface area contributed by atoms with E-state index >= 15 is 0 Å². The van der Waals surface area contributed by atoms with Crippen LogP contribution in [0.1, 0.15) is 37.3 Å². The second kappa shape index (κ2) is 15.3. The highest BCUT2D eigenvalue weighted by atomic mass is 16.4. The zero-order valence-electron chi connectivity index (χ0n) is 21.4. The van der Waals surface area contributed by atoms with E-state index in [9.17, 15) is 29.4 Å². The second-order valence-corrected chi connectivity index (χ2v) is 9.14. The highest BCUT2D eigenvalue weighted by Crippen LogP contribution is 2.11. The molecule has 0 aliphatic heterocycles. The molecular weight excluding hydrogens is 490 g/mol. The number of nitrogens with two attached hydrogens (primary N) is 2. The molecule has 206 valence electrons. The molecule has 38 heavy (non-hydrogen) atoms. The van der Waals surface area contributed by atoms with Crippen molar-refractivity contribution >= 4 is 23.7 Å². The fraction of sp³-hybridized carbons (Fsp3) is 0.407. The first-order chi connectivity index (χ1) is 18.1. The van der Waals surface area contributed by atoms with Gasteiger partial charge in [-0.25, -0.2) is 4.79 Å². The number of nitrogens with one attached hydrogen (secondary N) is 3. The lowest BCUT2D eigenvalue weighted by molar-refractivity contribution is -0.142. The zero-order chi connectivity index (χ0) is 28.1. The van der Waals surface area contributed by atoms with E-state index in [4.69, 9.17) is 11.5 Å². The van der Waals surface area contributed by atoms with Crippen LogP contribution >= 0.6 is 0 Å². The van der Waals surface area contributed by atoms with Crippen molar-refractivity contribution in [3.05, 3.63) is 65.7 Å². The zero-order valence-corrected chi connectivity index (χ0v) is 21.4. The van der Waals surface area contributed by atoms with Gasteiger partial charge in [-0.15, -0.1) is 0 Å². The van der Waals surface area contributed by atoms with Crippen LogP contribution in [0.4, 0.5) is 0 Å². The van der Waals surface area contributed by atoms with Gasteiger partial charge in [0.05, 0.1) is 6.04 Å². The summed E-state index contributed by atoms with van der Waals surface area (Å²) in [6.07, 6.45) is 1.67. The van der Waals surface area contributed by atoms with Gasteiger partial charge < -0.3 is 37.6 Å². The lowest BCUT2D eigenvalue weighted by Gasteiger charge is -2.24. The standard InChI is InChI=1S/C27H37N5O6/c1-17(30-25(35)21(29)15-19-10-12-20(33)13-11-19)24(34)31-22(9-5-6-14-28)26(36)32-23(27(37)38)16-18-7-3-2-4-8-18/h2-4,7-8,10-13,17,21-23,33H,5-6,9,14-16,28-29H2,1H3,(H,30,35)(H,31,34)(H,32,36)(H,37,38). The van der Waals surface area contributed by atoms with E-state index in [1.165, 1.54) is 19.1 Å². The molecule has 0 saturated heterocycles. The van der Waals surface area contributed by atoms with Crippen LogP contribution in [0.15, 0.2) is 54.6 Å². The number of phenolic OH excluding ortho intramolecular Hbond substituents is 1. The molecule has 0 fully saturated rings. The van der Waals surface area contributed by atoms with Crippen molar-refractivity contribution < 1.29 is 29.4 Å². The maximum atomic E-state index is 13.0. The van der Waals surface area contributed by atoms with Gasteiger partial charge in [-0.3, -0.25) is 14.4 Å². The van der Waals surface area contributed by atoms with Gasteiger partial charge in [-0.05, 0) is 62.4 Å². The summed E-state index contributed by atoms with van der Waals surface area (Å²) in [5.74, 6) is -2.91. The van der Waals surface area contributed by atoms with Gasteiger partial charge in [0.25, 0.3) is 0 Å². The SMILES string of the molecule is CC(NC(=O)C(N)Cc1ccc(O)cc1)C(=O)NC(CCCCN)C(=O)NC(Cc1ccccc1)C(=O)O. The summed E-state index contributed by atoms with van der Waals surface area (Å²) < 4.78 is 0. The number of carbonyl (C=O) groups excluding carboxylic acids is 3. The van der Waals surface area contributed by atoms with E-state index in [1.54, 1.807) is 42.5 Å². The van der Waals surface area contributed by atoms with Gasteiger partial charge in [0, 0.05) is 6.42 Å². The number of aromatic hydroxyl groups is 1. The fourth-order valence-corrected chi connectivity index (χ4v) is 3.75. The number of unbranched alkanes of at least 4 members (excludes halogenated alkanes) is 1. The largest absolute Gasteiger partial charge is 0.508 e. The van der Waals surface area contributed by atoms with Crippen LogP contribution in [-0.4, -0.2) is 64.6 Å². The molecule has 2 aromatic carbocycles. The minimum absolute atomic E-state index is 0.0801. The summed E-state index contributed by atoms with van der Waals surface area (Å²) >= 11 is 0. The highest BCUT2D eigenvalue weighted by molar-refractivity contribution is 5.94. The Hall–Kier alpha value is -3.96. The first-order valence-electron chi connectivity index (χ1n) is 12.5. The van der Waals surface area contributed by atoms with Crippen LogP contribution in [0.25, 0.3) is 0 Å². The lowest BCUT2D eigenvalue weighted by atomic mass is 10.0. The Labute approximate surface area is 222 Å². The molecule has 0 bridgehead atoms. The number of rotatable bonds is 15. The average molecular weight is 528 g/mol. The molecule has 0 aliphatic carbocycles. The summed E-state index contributed by atoms with van der Waals surface area (Å²) in [4.78, 5) is 50.2. The van der Waals surface area contributed by atoms with E-state index < -0.39 is 47.9 Å². The van der Waals surface area contributed by atoms with Crippen molar-refractivity contribution in [3.63, 3.8) is 0 Å². The molecule has 0 aromatic heterocycles. The van der Waals surface area contributed by atoms with Gasteiger partial charge in [-0.1, -0.05) is 42.5 Å². The number of hydrogen-bond acceptors (Lipinski definition) is 7. The Kier molecular flexibility index (Phi) is 12.2. The summed E-state index contributed by atoms with van der Waals surface area (Å²) in [5, 5.41) is 26.7. The number of amides is 3. The predicted octanol–water partition coefficient (Wildman–Crippen LogP) is 0.193. The Morgan fingerprint density at radius 1 is 0.789 bits per heavy atom. The first kappa shape index (κ1) is 30.3. The molecule has 0 heterocycles. The van der Waals surface area contributed by atoms with Crippen LogP contribution in [-0.2, 0) is 32.0 Å². The maximum absolute atomic E-state index is 13.0. The normalized spacial score (nSPS) is 14.0. The monoisotopic (exact) mass is 527 g/mol. The lowest BCUT2D eigenvalue weighted by Crippen LogP contribution is -2.56. The van der Waals surface area contributed by atoms with Gasteiger partial charge in [0.15, 0.2) is 0 Å². The highest BCUT2D eigenvalue weighted by Gasteiger charge is 2.28. The molecule has 9 N–H and O–H groups in total. The minimum Gasteiger partial charge on any atom is -0.508 e. The number of aliphatic carboxylic acids is 1. The number of carboxylic acids is 1. The third kappa shape index (κ3) is 10.2. The van der Waals surface area contributed by atoms with Gasteiger partial charge in [0.2, 0.25) is 17.7 Å².